The molecule has 112 valence electrons. The first-order valence-electron chi connectivity index (χ1n) is 6.82. The van der Waals surface area contributed by atoms with Gasteiger partial charge >= 0.3 is 0 Å². The van der Waals surface area contributed by atoms with Crippen LogP contribution in [0.4, 0.5) is 0 Å². The lowest BCUT2D eigenvalue weighted by molar-refractivity contribution is 0.173. The molecule has 0 unspecified atom stereocenters. The Morgan fingerprint density at radius 1 is 1.24 bits per heavy atom. The van der Waals surface area contributed by atoms with Crippen molar-refractivity contribution < 1.29 is 18.8 Å². The van der Waals surface area contributed by atoms with Crippen LogP contribution in [0.3, 0.4) is 0 Å². The molecule has 0 amide bonds. The van der Waals surface area contributed by atoms with Gasteiger partial charge in [0.15, 0.2) is 11.5 Å². The van der Waals surface area contributed by atoms with E-state index in [1.807, 2.05) is 19.1 Å². The quantitative estimate of drug-likeness (QED) is 0.869. The van der Waals surface area contributed by atoms with Gasteiger partial charge in [-0.25, -0.2) is 4.63 Å². The molecule has 0 bridgehead atoms. The van der Waals surface area contributed by atoms with E-state index < -0.39 is 0 Å². The number of hydrogen-bond donors (Lipinski definition) is 1. The van der Waals surface area contributed by atoms with Crippen molar-refractivity contribution in [2.75, 3.05) is 13.3 Å². The number of nitrogens with zero attached hydrogens (tertiary/aromatic N) is 2. The minimum Gasteiger partial charge on any atom is -0.487 e. The summed E-state index contributed by atoms with van der Waals surface area (Å²) in [4.78, 5) is 0. The van der Waals surface area contributed by atoms with Crippen LogP contribution in [0.1, 0.15) is 23.9 Å². The van der Waals surface area contributed by atoms with Crippen LogP contribution in [-0.2, 0) is 13.2 Å². The second kappa shape index (κ2) is 6.01. The molecule has 1 N–H and O–H groups in total. The van der Waals surface area contributed by atoms with E-state index in [-0.39, 0.29) is 6.79 Å². The maximum absolute atomic E-state index is 5.85. The van der Waals surface area contributed by atoms with E-state index >= 15 is 0 Å². The molecule has 0 fully saturated rings. The third-order valence-corrected chi connectivity index (χ3v) is 3.23. The summed E-state index contributed by atoms with van der Waals surface area (Å²) in [6.45, 7) is 5.99. The molecule has 0 spiro atoms. The number of benzene rings is 1. The summed E-state index contributed by atoms with van der Waals surface area (Å²) in [5, 5.41) is 10.8. The molecule has 7 heteroatoms. The van der Waals surface area contributed by atoms with E-state index in [0.717, 1.165) is 29.3 Å². The molecule has 0 atom stereocenters. The van der Waals surface area contributed by atoms with Crippen molar-refractivity contribution in [3.05, 3.63) is 29.1 Å². The Balaban J connectivity index is 1.80. The molecular weight excluding hydrogens is 274 g/mol. The number of rotatable bonds is 6. The molecule has 1 aliphatic rings. The molecule has 0 radical (unpaired) electrons. The largest absolute Gasteiger partial charge is 0.487 e. The minimum absolute atomic E-state index is 0.242. The number of aromatic nitrogens is 2. The first-order chi connectivity index (χ1) is 10.3. The minimum atomic E-state index is 0.242. The molecular formula is C14H17N3O4. The molecule has 2 heterocycles. The smallest absolute Gasteiger partial charge is 0.231 e. The molecule has 3 rings (SSSR count). The number of fused-ring (bicyclic) bond motifs is 1. The molecule has 21 heavy (non-hydrogen) atoms. The summed E-state index contributed by atoms with van der Waals surface area (Å²) in [5.41, 5.74) is 2.42. The van der Waals surface area contributed by atoms with Crippen LogP contribution < -0.4 is 19.5 Å². The van der Waals surface area contributed by atoms with Gasteiger partial charge in [-0.05, 0) is 19.5 Å². The van der Waals surface area contributed by atoms with Crippen LogP contribution in [0.25, 0.3) is 0 Å². The van der Waals surface area contributed by atoms with Gasteiger partial charge in [0.2, 0.25) is 6.79 Å². The molecule has 1 aliphatic heterocycles. The first kappa shape index (κ1) is 13.7. The molecule has 0 aliphatic carbocycles. The fraction of sp³-hybridized carbons (Fsp3) is 0.429. The highest BCUT2D eigenvalue weighted by Crippen LogP contribution is 2.38. The number of ether oxygens (including phenoxy) is 3. The predicted octanol–water partition coefficient (Wildman–Crippen LogP) is 1.80. The van der Waals surface area contributed by atoms with Gasteiger partial charge in [-0.15, -0.1) is 0 Å². The average Bonchev–Trinajstić information content (AvgIpc) is 3.10. The highest BCUT2D eigenvalue weighted by Gasteiger charge is 2.18. The molecule has 1 aromatic heterocycles. The Morgan fingerprint density at radius 2 is 2.05 bits per heavy atom. The van der Waals surface area contributed by atoms with Crippen molar-refractivity contribution in [2.24, 2.45) is 0 Å². The Hall–Kier alpha value is -2.28. The Bertz CT molecular complexity index is 627. The van der Waals surface area contributed by atoms with Gasteiger partial charge in [0.05, 0.1) is 0 Å². The van der Waals surface area contributed by atoms with Gasteiger partial charge in [-0.1, -0.05) is 17.2 Å². The van der Waals surface area contributed by atoms with Gasteiger partial charge in [-0.2, -0.15) is 0 Å². The standard InChI is InChI=1S/C14H17N3O4/c1-3-15-6-10-4-13-14(20-8-19-13)5-12(10)18-7-11-9(2)16-21-17-11/h4-5,15H,3,6-8H2,1-2H3. The van der Waals surface area contributed by atoms with Crippen LogP contribution in [0.2, 0.25) is 0 Å². The van der Waals surface area contributed by atoms with Crippen molar-refractivity contribution in [3.63, 3.8) is 0 Å². The van der Waals surface area contributed by atoms with E-state index in [2.05, 4.69) is 27.2 Å². The highest BCUT2D eigenvalue weighted by molar-refractivity contribution is 5.51. The summed E-state index contributed by atoms with van der Waals surface area (Å²) >= 11 is 0. The van der Waals surface area contributed by atoms with E-state index in [0.29, 0.717) is 24.6 Å². The van der Waals surface area contributed by atoms with Crippen molar-refractivity contribution in [3.8, 4) is 17.2 Å². The maximum atomic E-state index is 5.85. The molecule has 1 aromatic carbocycles. The Labute approximate surface area is 122 Å². The third-order valence-electron chi connectivity index (χ3n) is 3.23. The molecule has 0 saturated heterocycles. The second-order valence-electron chi connectivity index (χ2n) is 4.68. The second-order valence-corrected chi connectivity index (χ2v) is 4.68. The topological polar surface area (TPSA) is 78.6 Å². The van der Waals surface area contributed by atoms with Crippen molar-refractivity contribution in [1.82, 2.24) is 15.6 Å². The zero-order valence-electron chi connectivity index (χ0n) is 12.0. The van der Waals surface area contributed by atoms with Crippen molar-refractivity contribution in [1.29, 1.82) is 0 Å². The average molecular weight is 291 g/mol. The summed E-state index contributed by atoms with van der Waals surface area (Å²) in [7, 11) is 0. The fourth-order valence-corrected chi connectivity index (χ4v) is 2.02. The lowest BCUT2D eigenvalue weighted by Gasteiger charge is -2.12. The fourth-order valence-electron chi connectivity index (χ4n) is 2.02. The Morgan fingerprint density at radius 3 is 2.76 bits per heavy atom. The number of nitrogens with one attached hydrogen (secondary N) is 1. The van der Waals surface area contributed by atoms with E-state index in [4.69, 9.17) is 14.2 Å². The van der Waals surface area contributed by atoms with E-state index in [1.54, 1.807) is 0 Å². The van der Waals surface area contributed by atoms with Gasteiger partial charge < -0.3 is 19.5 Å². The van der Waals surface area contributed by atoms with Crippen LogP contribution in [-0.4, -0.2) is 23.7 Å². The van der Waals surface area contributed by atoms with Gasteiger partial charge in [0.25, 0.3) is 0 Å². The van der Waals surface area contributed by atoms with Crippen molar-refractivity contribution in [2.45, 2.75) is 27.0 Å². The first-order valence-corrected chi connectivity index (χ1v) is 6.82. The van der Waals surface area contributed by atoms with Crippen LogP contribution >= 0.6 is 0 Å². The molecule has 0 saturated carbocycles. The summed E-state index contributed by atoms with van der Waals surface area (Å²) in [5.74, 6) is 2.18. The van der Waals surface area contributed by atoms with E-state index in [1.165, 1.54) is 0 Å². The summed E-state index contributed by atoms with van der Waals surface area (Å²) in [6, 6.07) is 3.78. The van der Waals surface area contributed by atoms with Gasteiger partial charge in [0, 0.05) is 18.2 Å². The van der Waals surface area contributed by atoms with E-state index in [9.17, 15) is 0 Å². The predicted molar refractivity (Wildman–Crippen MR) is 73.3 cm³/mol. The Kier molecular flexibility index (Phi) is 3.92. The highest BCUT2D eigenvalue weighted by atomic mass is 16.7. The summed E-state index contributed by atoms with van der Waals surface area (Å²) < 4.78 is 21.3. The number of aryl methyl sites for hydroxylation is 1. The van der Waals surface area contributed by atoms with Crippen LogP contribution in [0, 0.1) is 6.92 Å². The summed E-state index contributed by atoms with van der Waals surface area (Å²) in [6.07, 6.45) is 0. The molecule has 2 aromatic rings. The zero-order chi connectivity index (χ0) is 14.7. The molecule has 7 nitrogen and oxygen atoms in total. The van der Waals surface area contributed by atoms with Gasteiger partial charge in [-0.3, -0.25) is 0 Å². The monoisotopic (exact) mass is 291 g/mol. The normalized spacial score (nSPS) is 12.7. The SMILES string of the molecule is CCNCc1cc2c(cc1OCc1nonc1C)OCO2. The van der Waals surface area contributed by atoms with Crippen LogP contribution in [0.15, 0.2) is 16.8 Å². The van der Waals surface area contributed by atoms with Gasteiger partial charge in [0.1, 0.15) is 23.7 Å². The number of hydrogen-bond acceptors (Lipinski definition) is 7. The van der Waals surface area contributed by atoms with Crippen molar-refractivity contribution >= 4 is 0 Å². The zero-order valence-corrected chi connectivity index (χ0v) is 12.0. The lowest BCUT2D eigenvalue weighted by atomic mass is 10.1. The maximum Gasteiger partial charge on any atom is 0.231 e. The third kappa shape index (κ3) is 2.92. The lowest BCUT2D eigenvalue weighted by Crippen LogP contribution is -2.13. The van der Waals surface area contributed by atoms with Crippen LogP contribution in [0.5, 0.6) is 17.2 Å².